The molecule has 0 spiro atoms. The van der Waals surface area contributed by atoms with Crippen molar-refractivity contribution in [3.05, 3.63) is 59.9 Å². The molecule has 0 bridgehead atoms. The maximum atomic E-state index is 13.4. The molecule has 0 saturated heterocycles. The van der Waals surface area contributed by atoms with Gasteiger partial charge in [-0.15, -0.1) is 0 Å². The summed E-state index contributed by atoms with van der Waals surface area (Å²) in [6, 6.07) is 16.4. The van der Waals surface area contributed by atoms with Crippen LogP contribution in [0.1, 0.15) is 56.8 Å². The fourth-order valence-corrected chi connectivity index (χ4v) is 4.21. The van der Waals surface area contributed by atoms with Gasteiger partial charge >= 0.3 is 0 Å². The van der Waals surface area contributed by atoms with Crippen LogP contribution in [0.15, 0.2) is 48.5 Å². The second-order valence-corrected chi connectivity index (χ2v) is 7.88. The van der Waals surface area contributed by atoms with Crippen LogP contribution in [0.3, 0.4) is 0 Å². The summed E-state index contributed by atoms with van der Waals surface area (Å²) in [7, 11) is 0. The van der Waals surface area contributed by atoms with Gasteiger partial charge in [-0.2, -0.15) is 0 Å². The van der Waals surface area contributed by atoms with Crippen LogP contribution in [-0.4, -0.2) is 15.9 Å². The van der Waals surface area contributed by atoms with E-state index in [1.165, 1.54) is 6.42 Å². The van der Waals surface area contributed by atoms with E-state index in [9.17, 15) is 4.79 Å². The minimum Gasteiger partial charge on any atom is -0.342 e. The molecule has 1 N–H and O–H groups in total. The number of fused-ring (bicyclic) bond motifs is 1. The van der Waals surface area contributed by atoms with E-state index in [4.69, 9.17) is 0 Å². The Labute approximate surface area is 167 Å². The number of aryl methyl sites for hydroxylation is 1. The van der Waals surface area contributed by atoms with Crippen LogP contribution >= 0.6 is 0 Å². The second kappa shape index (κ2) is 8.59. The lowest BCUT2D eigenvalue weighted by molar-refractivity contribution is -0.123. The molecule has 1 heterocycles. The van der Waals surface area contributed by atoms with Crippen molar-refractivity contribution < 1.29 is 4.79 Å². The summed E-state index contributed by atoms with van der Waals surface area (Å²) in [5.41, 5.74) is 4.09. The van der Waals surface area contributed by atoms with Gasteiger partial charge in [0.1, 0.15) is 5.82 Å². The molecule has 2 aromatic carbocycles. The summed E-state index contributed by atoms with van der Waals surface area (Å²) < 4.78 is 0. The number of carbonyl (C=O) groups excluding carboxylic acids is 1. The van der Waals surface area contributed by atoms with Crippen molar-refractivity contribution in [3.8, 4) is 0 Å². The van der Waals surface area contributed by atoms with Gasteiger partial charge in [-0.3, -0.25) is 4.79 Å². The molecule has 1 fully saturated rings. The van der Waals surface area contributed by atoms with E-state index < -0.39 is 0 Å². The number of aromatic amines is 1. The average molecular weight is 376 g/mol. The van der Waals surface area contributed by atoms with Gasteiger partial charge in [0, 0.05) is 18.0 Å². The number of nitrogens with one attached hydrogen (secondary N) is 1. The monoisotopic (exact) mass is 375 g/mol. The van der Waals surface area contributed by atoms with Gasteiger partial charge < -0.3 is 9.88 Å². The molecular weight excluding hydrogens is 346 g/mol. The first-order valence-electron chi connectivity index (χ1n) is 10.6. The summed E-state index contributed by atoms with van der Waals surface area (Å²) in [4.78, 5) is 23.5. The number of hydrogen-bond donors (Lipinski definition) is 1. The third kappa shape index (κ3) is 4.11. The third-order valence-corrected chi connectivity index (χ3v) is 5.72. The van der Waals surface area contributed by atoms with Crippen molar-refractivity contribution in [1.29, 1.82) is 0 Å². The molecule has 0 radical (unpaired) electrons. The molecule has 146 valence electrons. The van der Waals surface area contributed by atoms with E-state index in [2.05, 4.69) is 35.1 Å². The fourth-order valence-electron chi connectivity index (χ4n) is 4.21. The topological polar surface area (TPSA) is 49.0 Å². The van der Waals surface area contributed by atoms with Gasteiger partial charge in [0.05, 0.1) is 17.6 Å². The van der Waals surface area contributed by atoms with Gasteiger partial charge in [0.15, 0.2) is 0 Å². The van der Waals surface area contributed by atoms with Crippen molar-refractivity contribution in [2.45, 2.75) is 58.4 Å². The van der Waals surface area contributed by atoms with Crippen molar-refractivity contribution in [2.24, 2.45) is 5.92 Å². The number of anilines is 1. The molecule has 4 rings (SSSR count). The van der Waals surface area contributed by atoms with Crippen LogP contribution in [0.5, 0.6) is 0 Å². The first-order valence-corrected chi connectivity index (χ1v) is 10.6. The van der Waals surface area contributed by atoms with E-state index >= 15 is 0 Å². The number of benzene rings is 2. The van der Waals surface area contributed by atoms with E-state index in [1.807, 2.05) is 35.2 Å². The molecule has 3 aromatic rings. The zero-order valence-electron chi connectivity index (χ0n) is 16.7. The zero-order chi connectivity index (χ0) is 19.3. The van der Waals surface area contributed by atoms with E-state index in [-0.39, 0.29) is 11.8 Å². The number of rotatable bonds is 6. The minimum absolute atomic E-state index is 0.144. The number of aromatic nitrogens is 2. The Morgan fingerprint density at radius 1 is 1.11 bits per heavy atom. The predicted molar refractivity (Wildman–Crippen MR) is 114 cm³/mol. The SMILES string of the molecule is CCCc1nc2ccc(N(Cc3ccccc3)C(=O)C3CCCCC3)cc2[nH]1. The summed E-state index contributed by atoms with van der Waals surface area (Å²) in [6.45, 7) is 2.76. The highest BCUT2D eigenvalue weighted by atomic mass is 16.2. The predicted octanol–water partition coefficient (Wildman–Crippen LogP) is 5.63. The van der Waals surface area contributed by atoms with Crippen LogP contribution in [0.25, 0.3) is 11.0 Å². The summed E-state index contributed by atoms with van der Waals surface area (Å²) >= 11 is 0. The maximum absolute atomic E-state index is 13.4. The molecule has 0 aliphatic heterocycles. The largest absolute Gasteiger partial charge is 0.342 e. The molecule has 1 aliphatic carbocycles. The van der Waals surface area contributed by atoms with Gasteiger partial charge in [-0.25, -0.2) is 4.98 Å². The highest BCUT2D eigenvalue weighted by Crippen LogP contribution is 2.30. The smallest absolute Gasteiger partial charge is 0.230 e. The zero-order valence-corrected chi connectivity index (χ0v) is 16.7. The first-order chi connectivity index (χ1) is 13.7. The Balaban J connectivity index is 1.67. The highest BCUT2D eigenvalue weighted by molar-refractivity contribution is 5.96. The number of H-pyrrole nitrogens is 1. The number of carbonyl (C=O) groups is 1. The molecule has 1 aliphatic rings. The second-order valence-electron chi connectivity index (χ2n) is 7.88. The molecule has 0 unspecified atom stereocenters. The van der Waals surface area contributed by atoms with E-state index in [1.54, 1.807) is 0 Å². The lowest BCUT2D eigenvalue weighted by Crippen LogP contribution is -2.36. The highest BCUT2D eigenvalue weighted by Gasteiger charge is 2.27. The fraction of sp³-hybridized carbons (Fsp3) is 0.417. The molecule has 0 atom stereocenters. The minimum atomic E-state index is 0.144. The van der Waals surface area contributed by atoms with Gasteiger partial charge in [0.25, 0.3) is 0 Å². The number of nitrogens with zero attached hydrogens (tertiary/aromatic N) is 2. The van der Waals surface area contributed by atoms with E-state index in [0.29, 0.717) is 6.54 Å². The Bertz CT molecular complexity index is 925. The Morgan fingerprint density at radius 2 is 1.89 bits per heavy atom. The summed E-state index contributed by atoms with van der Waals surface area (Å²) in [6.07, 6.45) is 7.60. The quantitative estimate of drug-likeness (QED) is 0.607. The van der Waals surface area contributed by atoms with Crippen LogP contribution in [0, 0.1) is 5.92 Å². The van der Waals surface area contributed by atoms with Crippen molar-refractivity contribution in [3.63, 3.8) is 0 Å². The molecule has 1 saturated carbocycles. The normalized spacial score (nSPS) is 15.0. The molecular formula is C24H29N3O. The number of imidazole rings is 1. The third-order valence-electron chi connectivity index (χ3n) is 5.72. The molecule has 1 aromatic heterocycles. The molecule has 4 heteroatoms. The maximum Gasteiger partial charge on any atom is 0.230 e. The van der Waals surface area contributed by atoms with Crippen LogP contribution in [-0.2, 0) is 17.8 Å². The Kier molecular flexibility index (Phi) is 5.75. The first kappa shape index (κ1) is 18.7. The summed E-state index contributed by atoms with van der Waals surface area (Å²) in [5, 5.41) is 0. The van der Waals surface area contributed by atoms with Crippen LogP contribution in [0.2, 0.25) is 0 Å². The standard InChI is InChI=1S/C24H29N3O/c1-2-9-23-25-21-15-14-20(16-22(21)26-23)27(17-18-10-5-3-6-11-18)24(28)19-12-7-4-8-13-19/h3,5-6,10-11,14-16,19H,2,4,7-9,12-13,17H2,1H3,(H,25,26). The summed E-state index contributed by atoms with van der Waals surface area (Å²) in [5.74, 6) is 1.42. The number of hydrogen-bond acceptors (Lipinski definition) is 2. The van der Waals surface area contributed by atoms with Crippen molar-refractivity contribution >= 4 is 22.6 Å². The van der Waals surface area contributed by atoms with E-state index in [0.717, 1.165) is 66.6 Å². The van der Waals surface area contributed by atoms with Gasteiger partial charge in [-0.1, -0.05) is 56.5 Å². The van der Waals surface area contributed by atoms with Gasteiger partial charge in [0.2, 0.25) is 5.91 Å². The van der Waals surface area contributed by atoms with Gasteiger partial charge in [-0.05, 0) is 43.0 Å². The van der Waals surface area contributed by atoms with Crippen molar-refractivity contribution in [2.75, 3.05) is 4.90 Å². The van der Waals surface area contributed by atoms with Crippen molar-refractivity contribution in [1.82, 2.24) is 9.97 Å². The Hall–Kier alpha value is -2.62. The van der Waals surface area contributed by atoms with Crippen LogP contribution < -0.4 is 4.90 Å². The lowest BCUT2D eigenvalue weighted by atomic mass is 9.88. The molecule has 4 nitrogen and oxygen atoms in total. The number of amides is 1. The molecule has 28 heavy (non-hydrogen) atoms. The average Bonchev–Trinajstić information content (AvgIpc) is 3.15. The van der Waals surface area contributed by atoms with Crippen LogP contribution in [0.4, 0.5) is 5.69 Å². The lowest BCUT2D eigenvalue weighted by Gasteiger charge is -2.29. The molecule has 1 amide bonds. The Morgan fingerprint density at radius 3 is 2.64 bits per heavy atom.